The number of carbonyl (C=O) groups excluding carboxylic acids is 1. The van der Waals surface area contributed by atoms with Crippen LogP contribution in [0.4, 0.5) is 0 Å². The highest BCUT2D eigenvalue weighted by atomic mass is 32.2. The first-order valence-electron chi connectivity index (χ1n) is 4.65. The van der Waals surface area contributed by atoms with E-state index in [9.17, 15) is 4.79 Å². The van der Waals surface area contributed by atoms with Gasteiger partial charge in [0.25, 0.3) is 0 Å². The number of rotatable bonds is 3. The Hall–Kier alpha value is -0.220. The molecule has 1 N–H and O–H groups in total. The lowest BCUT2D eigenvalue weighted by Crippen LogP contribution is -2.41. The van der Waals surface area contributed by atoms with Gasteiger partial charge in [0, 0.05) is 19.7 Å². The van der Waals surface area contributed by atoms with E-state index >= 15 is 0 Å². The van der Waals surface area contributed by atoms with Crippen LogP contribution in [0.25, 0.3) is 0 Å². The number of amides is 1. The fourth-order valence-corrected chi connectivity index (χ4v) is 2.08. The van der Waals surface area contributed by atoms with Gasteiger partial charge in [-0.1, -0.05) is 0 Å². The minimum Gasteiger partial charge on any atom is -0.396 e. The topological polar surface area (TPSA) is 40.5 Å². The molecule has 4 heteroatoms. The van der Waals surface area contributed by atoms with Crippen molar-refractivity contribution in [1.29, 1.82) is 0 Å². The van der Waals surface area contributed by atoms with Gasteiger partial charge in [0.15, 0.2) is 0 Å². The summed E-state index contributed by atoms with van der Waals surface area (Å²) in [7, 11) is 0. The molecule has 1 amide bonds. The Morgan fingerprint density at radius 3 is 3.08 bits per heavy atom. The monoisotopic (exact) mass is 203 g/mol. The Balaban J connectivity index is 2.37. The molecule has 0 saturated carbocycles. The molecule has 0 aromatic carbocycles. The van der Waals surface area contributed by atoms with Gasteiger partial charge >= 0.3 is 0 Å². The summed E-state index contributed by atoms with van der Waals surface area (Å²) in [6, 6.07) is 0. The van der Waals surface area contributed by atoms with Gasteiger partial charge < -0.3 is 10.0 Å². The molecule has 1 atom stereocenters. The molecule has 1 aliphatic rings. The summed E-state index contributed by atoms with van der Waals surface area (Å²) in [6.45, 7) is 1.83. The van der Waals surface area contributed by atoms with E-state index in [1.165, 1.54) is 0 Å². The second kappa shape index (κ2) is 5.50. The van der Waals surface area contributed by atoms with E-state index in [0.717, 1.165) is 25.9 Å². The highest BCUT2D eigenvalue weighted by molar-refractivity contribution is 7.99. The van der Waals surface area contributed by atoms with Gasteiger partial charge in [0.2, 0.25) is 5.91 Å². The Labute approximate surface area is 83.5 Å². The van der Waals surface area contributed by atoms with Crippen molar-refractivity contribution in [2.75, 3.05) is 31.7 Å². The predicted octanol–water partition coefficient (Wildman–Crippen LogP) is 0.580. The minimum atomic E-state index is 0.211. The standard InChI is InChI=1S/C9H17NO2S/c1-13-7-9(12)10-4-2-3-8(5-10)6-11/h8,11H,2-7H2,1H3. The Kier molecular flexibility index (Phi) is 4.59. The van der Waals surface area contributed by atoms with E-state index in [2.05, 4.69) is 0 Å². The first kappa shape index (κ1) is 10.9. The third-order valence-corrected chi connectivity index (χ3v) is 2.93. The molecule has 13 heavy (non-hydrogen) atoms. The lowest BCUT2D eigenvalue weighted by Gasteiger charge is -2.31. The number of carbonyl (C=O) groups is 1. The minimum absolute atomic E-state index is 0.211. The first-order valence-corrected chi connectivity index (χ1v) is 6.05. The van der Waals surface area contributed by atoms with Crippen LogP contribution in [0.1, 0.15) is 12.8 Å². The maximum Gasteiger partial charge on any atom is 0.232 e. The Bertz CT molecular complexity index is 175. The smallest absolute Gasteiger partial charge is 0.232 e. The first-order chi connectivity index (χ1) is 6.27. The van der Waals surface area contributed by atoms with Crippen LogP contribution in [0.3, 0.4) is 0 Å². The van der Waals surface area contributed by atoms with Crippen LogP contribution in [0.15, 0.2) is 0 Å². The third-order valence-electron chi connectivity index (χ3n) is 2.40. The zero-order chi connectivity index (χ0) is 9.68. The van der Waals surface area contributed by atoms with E-state index in [4.69, 9.17) is 5.11 Å². The van der Waals surface area contributed by atoms with Crippen LogP contribution in [0.5, 0.6) is 0 Å². The molecule has 0 bridgehead atoms. The van der Waals surface area contributed by atoms with Crippen LogP contribution < -0.4 is 0 Å². The number of piperidine rings is 1. The normalized spacial score (nSPS) is 23.2. The zero-order valence-corrected chi connectivity index (χ0v) is 8.85. The molecule has 0 aliphatic carbocycles. The average molecular weight is 203 g/mol. The molecule has 3 nitrogen and oxygen atoms in total. The molecule has 1 rings (SSSR count). The summed E-state index contributed by atoms with van der Waals surface area (Å²) < 4.78 is 0. The van der Waals surface area contributed by atoms with Crippen LogP contribution in [0.2, 0.25) is 0 Å². The van der Waals surface area contributed by atoms with Gasteiger partial charge in [-0.15, -0.1) is 0 Å². The SMILES string of the molecule is CSCC(=O)N1CCCC(CO)C1. The van der Waals surface area contributed by atoms with Crippen molar-refractivity contribution in [3.63, 3.8) is 0 Å². The quantitative estimate of drug-likeness (QED) is 0.729. The number of hydrogen-bond acceptors (Lipinski definition) is 3. The largest absolute Gasteiger partial charge is 0.396 e. The number of aliphatic hydroxyl groups is 1. The van der Waals surface area contributed by atoms with Crippen molar-refractivity contribution < 1.29 is 9.90 Å². The molecular weight excluding hydrogens is 186 g/mol. The molecule has 0 radical (unpaired) electrons. The van der Waals surface area contributed by atoms with Gasteiger partial charge in [0.1, 0.15) is 0 Å². The molecule has 0 aromatic rings. The number of thioether (sulfide) groups is 1. The highest BCUT2D eigenvalue weighted by Gasteiger charge is 2.22. The molecule has 0 aromatic heterocycles. The van der Waals surface area contributed by atoms with Gasteiger partial charge in [-0.3, -0.25) is 4.79 Å². The lowest BCUT2D eigenvalue weighted by atomic mass is 9.99. The molecule has 1 heterocycles. The molecule has 0 spiro atoms. The van der Waals surface area contributed by atoms with Gasteiger partial charge in [0.05, 0.1) is 5.75 Å². The fraction of sp³-hybridized carbons (Fsp3) is 0.889. The van der Waals surface area contributed by atoms with Crippen LogP contribution in [-0.2, 0) is 4.79 Å². The molecule has 1 fully saturated rings. The Morgan fingerprint density at radius 2 is 2.46 bits per heavy atom. The average Bonchev–Trinajstić information content (AvgIpc) is 2.18. The molecule has 1 unspecified atom stereocenters. The summed E-state index contributed by atoms with van der Waals surface area (Å²) >= 11 is 1.56. The van der Waals surface area contributed by atoms with E-state index in [0.29, 0.717) is 11.7 Å². The van der Waals surface area contributed by atoms with E-state index in [1.54, 1.807) is 11.8 Å². The lowest BCUT2D eigenvalue weighted by molar-refractivity contribution is -0.130. The number of aliphatic hydroxyl groups excluding tert-OH is 1. The van der Waals surface area contributed by atoms with Gasteiger partial charge in [-0.2, -0.15) is 11.8 Å². The summed E-state index contributed by atoms with van der Waals surface area (Å²) in [6.07, 6.45) is 4.02. The summed E-state index contributed by atoms with van der Waals surface area (Å²) in [5.41, 5.74) is 0. The van der Waals surface area contributed by atoms with Crippen LogP contribution in [0, 0.1) is 5.92 Å². The van der Waals surface area contributed by atoms with Crippen molar-refractivity contribution >= 4 is 17.7 Å². The number of nitrogens with zero attached hydrogens (tertiary/aromatic N) is 1. The summed E-state index contributed by atoms with van der Waals surface area (Å²) in [4.78, 5) is 13.4. The van der Waals surface area contributed by atoms with Crippen molar-refractivity contribution in [3.05, 3.63) is 0 Å². The summed E-state index contributed by atoms with van der Waals surface area (Å²) in [5, 5.41) is 8.98. The van der Waals surface area contributed by atoms with E-state index < -0.39 is 0 Å². The molecule has 76 valence electrons. The number of hydrogen-bond donors (Lipinski definition) is 1. The van der Waals surface area contributed by atoms with Crippen LogP contribution >= 0.6 is 11.8 Å². The van der Waals surface area contributed by atoms with Gasteiger partial charge in [-0.25, -0.2) is 0 Å². The second-order valence-electron chi connectivity index (χ2n) is 3.46. The molecule has 1 aliphatic heterocycles. The zero-order valence-electron chi connectivity index (χ0n) is 8.03. The maximum absolute atomic E-state index is 11.5. The summed E-state index contributed by atoms with van der Waals surface area (Å²) in [5.74, 6) is 1.09. The maximum atomic E-state index is 11.5. The molecular formula is C9H17NO2S. The fourth-order valence-electron chi connectivity index (χ4n) is 1.66. The molecule has 1 saturated heterocycles. The third kappa shape index (κ3) is 3.19. The second-order valence-corrected chi connectivity index (χ2v) is 4.33. The van der Waals surface area contributed by atoms with Crippen LogP contribution in [-0.4, -0.2) is 47.6 Å². The van der Waals surface area contributed by atoms with Crippen molar-refractivity contribution in [2.45, 2.75) is 12.8 Å². The van der Waals surface area contributed by atoms with Crippen molar-refractivity contribution in [1.82, 2.24) is 4.90 Å². The van der Waals surface area contributed by atoms with Crippen molar-refractivity contribution in [3.8, 4) is 0 Å². The Morgan fingerprint density at radius 1 is 1.69 bits per heavy atom. The van der Waals surface area contributed by atoms with Gasteiger partial charge in [-0.05, 0) is 25.0 Å². The van der Waals surface area contributed by atoms with E-state index in [1.807, 2.05) is 11.2 Å². The van der Waals surface area contributed by atoms with Crippen molar-refractivity contribution in [2.24, 2.45) is 5.92 Å². The highest BCUT2D eigenvalue weighted by Crippen LogP contribution is 2.16. The number of likely N-dealkylation sites (tertiary alicyclic amines) is 1. The van der Waals surface area contributed by atoms with E-state index in [-0.39, 0.29) is 12.5 Å². The predicted molar refractivity (Wildman–Crippen MR) is 54.8 cm³/mol.